The normalized spacial score (nSPS) is 15.1. The van der Waals surface area contributed by atoms with Crippen LogP contribution >= 0.6 is 8.15 Å². The van der Waals surface area contributed by atoms with E-state index in [2.05, 4.69) is 10.1 Å². The fraction of sp³-hybridized carbons (Fsp3) is 0.500. The molecule has 5 nitrogen and oxygen atoms in total. The molecule has 0 saturated carbocycles. The summed E-state index contributed by atoms with van der Waals surface area (Å²) in [5, 5.41) is 12.3. The van der Waals surface area contributed by atoms with Crippen molar-refractivity contribution >= 4 is 8.15 Å². The SMILES string of the molecule is CC(C#N)P(O)Cn1cncn1. The van der Waals surface area contributed by atoms with E-state index in [0.29, 0.717) is 6.29 Å². The van der Waals surface area contributed by atoms with E-state index >= 15 is 0 Å². The minimum absolute atomic E-state index is 0.316. The molecule has 12 heavy (non-hydrogen) atoms. The van der Waals surface area contributed by atoms with E-state index in [1.165, 1.54) is 17.3 Å². The van der Waals surface area contributed by atoms with Gasteiger partial charge in [-0.25, -0.2) is 9.67 Å². The largest absolute Gasteiger partial charge is 0.371 e. The highest BCUT2D eigenvalue weighted by Gasteiger charge is 2.13. The Hall–Kier alpha value is -0.980. The molecular weight excluding hydrogens is 175 g/mol. The highest BCUT2D eigenvalue weighted by molar-refractivity contribution is 7.51. The van der Waals surface area contributed by atoms with Crippen molar-refractivity contribution in [3.8, 4) is 6.07 Å². The van der Waals surface area contributed by atoms with Gasteiger partial charge in [0.1, 0.15) is 12.7 Å². The molecule has 1 aromatic rings. The van der Waals surface area contributed by atoms with Crippen molar-refractivity contribution in [2.24, 2.45) is 0 Å². The first-order valence-electron chi connectivity index (χ1n) is 3.41. The standard InChI is InChI=1S/C6H9N4OP/c1-6(2-7)12(11)5-10-4-8-3-9-10/h3-4,6,11H,5H2,1H3. The summed E-state index contributed by atoms with van der Waals surface area (Å²) in [6.45, 7) is 1.70. The van der Waals surface area contributed by atoms with Crippen LogP contribution in [-0.2, 0) is 6.29 Å². The molecule has 6 heteroatoms. The van der Waals surface area contributed by atoms with Crippen LogP contribution in [0.25, 0.3) is 0 Å². The fourth-order valence-electron chi connectivity index (χ4n) is 0.643. The predicted molar refractivity (Wildman–Crippen MR) is 44.2 cm³/mol. The van der Waals surface area contributed by atoms with Crippen molar-refractivity contribution < 1.29 is 4.89 Å². The summed E-state index contributed by atoms with van der Waals surface area (Å²) in [6, 6.07) is 1.99. The van der Waals surface area contributed by atoms with Crippen molar-refractivity contribution in [3.63, 3.8) is 0 Å². The number of aromatic nitrogens is 3. The molecule has 0 fully saturated rings. The van der Waals surface area contributed by atoms with Gasteiger partial charge in [-0.2, -0.15) is 10.4 Å². The molecule has 1 heterocycles. The lowest BCUT2D eigenvalue weighted by Crippen LogP contribution is -2.03. The summed E-state index contributed by atoms with van der Waals surface area (Å²) >= 11 is 0. The van der Waals surface area contributed by atoms with E-state index in [1.807, 2.05) is 6.07 Å². The van der Waals surface area contributed by atoms with Crippen LogP contribution in [0.3, 0.4) is 0 Å². The molecule has 0 aliphatic rings. The Morgan fingerprint density at radius 3 is 3.08 bits per heavy atom. The van der Waals surface area contributed by atoms with Gasteiger partial charge in [0.05, 0.1) is 26.2 Å². The summed E-state index contributed by atoms with van der Waals surface area (Å²) in [6.07, 6.45) is 3.31. The number of rotatable bonds is 3. The van der Waals surface area contributed by atoms with Crippen LogP contribution in [0, 0.1) is 11.3 Å². The lowest BCUT2D eigenvalue weighted by Gasteiger charge is -2.10. The fourth-order valence-corrected chi connectivity index (χ4v) is 1.46. The second-order valence-corrected chi connectivity index (χ2v) is 4.26. The van der Waals surface area contributed by atoms with Gasteiger partial charge < -0.3 is 4.89 Å². The minimum atomic E-state index is -1.29. The van der Waals surface area contributed by atoms with E-state index in [0.717, 1.165) is 0 Å². The molecule has 1 N–H and O–H groups in total. The van der Waals surface area contributed by atoms with Gasteiger partial charge in [0.25, 0.3) is 0 Å². The average molecular weight is 184 g/mol. The molecular formula is C6H9N4OP. The van der Waals surface area contributed by atoms with E-state index in [4.69, 9.17) is 5.26 Å². The summed E-state index contributed by atoms with van der Waals surface area (Å²) in [7, 11) is -1.29. The molecule has 0 amide bonds. The zero-order valence-electron chi connectivity index (χ0n) is 6.62. The Labute approximate surface area is 71.5 Å². The summed E-state index contributed by atoms with van der Waals surface area (Å²) in [5.41, 5.74) is -0.316. The second-order valence-electron chi connectivity index (χ2n) is 2.32. The minimum Gasteiger partial charge on any atom is -0.371 e. The molecule has 0 bridgehead atoms. The van der Waals surface area contributed by atoms with Crippen molar-refractivity contribution in [3.05, 3.63) is 12.7 Å². The maximum atomic E-state index is 9.44. The van der Waals surface area contributed by atoms with Crippen molar-refractivity contribution in [2.45, 2.75) is 18.9 Å². The molecule has 64 valence electrons. The molecule has 0 aliphatic heterocycles. The quantitative estimate of drug-likeness (QED) is 0.695. The summed E-state index contributed by atoms with van der Waals surface area (Å²) < 4.78 is 1.53. The van der Waals surface area contributed by atoms with Crippen LogP contribution in [0.2, 0.25) is 0 Å². The van der Waals surface area contributed by atoms with Gasteiger partial charge in [-0.15, -0.1) is 0 Å². The maximum Gasteiger partial charge on any atom is 0.137 e. The third-order valence-corrected chi connectivity index (χ3v) is 2.98. The van der Waals surface area contributed by atoms with Crippen LogP contribution < -0.4 is 0 Å². The van der Waals surface area contributed by atoms with Crippen LogP contribution in [0.1, 0.15) is 6.92 Å². The molecule has 0 aliphatic carbocycles. The van der Waals surface area contributed by atoms with E-state index in [1.54, 1.807) is 6.92 Å². The lowest BCUT2D eigenvalue weighted by molar-refractivity contribution is 0.589. The molecule has 0 spiro atoms. The lowest BCUT2D eigenvalue weighted by atomic mass is 10.5. The Kier molecular flexibility index (Phi) is 3.15. The van der Waals surface area contributed by atoms with Crippen LogP contribution in [-0.4, -0.2) is 25.3 Å². The van der Waals surface area contributed by atoms with Gasteiger partial charge in [-0.1, -0.05) is 0 Å². The van der Waals surface area contributed by atoms with Crippen molar-refractivity contribution in [2.75, 3.05) is 0 Å². The molecule has 1 rings (SSSR count). The predicted octanol–water partition coefficient (Wildman–Crippen LogP) is 0.537. The summed E-state index contributed by atoms with van der Waals surface area (Å²) in [5.74, 6) is 0. The molecule has 0 aromatic carbocycles. The Balaban J connectivity index is 2.48. The maximum absolute atomic E-state index is 9.44. The molecule has 2 atom stereocenters. The zero-order valence-corrected chi connectivity index (χ0v) is 7.52. The van der Waals surface area contributed by atoms with Gasteiger partial charge in [-0.05, 0) is 6.92 Å². The first-order valence-corrected chi connectivity index (χ1v) is 4.96. The highest BCUT2D eigenvalue weighted by Crippen LogP contribution is 2.36. The van der Waals surface area contributed by atoms with Gasteiger partial charge in [0.15, 0.2) is 0 Å². The average Bonchev–Trinajstić information content (AvgIpc) is 2.55. The molecule has 2 unspecified atom stereocenters. The molecule has 0 radical (unpaired) electrons. The number of nitrogens with zero attached hydrogens (tertiary/aromatic N) is 4. The van der Waals surface area contributed by atoms with E-state index < -0.39 is 8.15 Å². The Morgan fingerprint density at radius 1 is 1.83 bits per heavy atom. The van der Waals surface area contributed by atoms with Gasteiger partial charge in [0.2, 0.25) is 0 Å². The van der Waals surface area contributed by atoms with E-state index in [-0.39, 0.29) is 5.66 Å². The first kappa shape index (κ1) is 9.11. The number of hydrogen-bond donors (Lipinski definition) is 1. The third-order valence-electron chi connectivity index (χ3n) is 1.39. The molecule has 1 aromatic heterocycles. The zero-order chi connectivity index (χ0) is 8.97. The third kappa shape index (κ3) is 2.26. The van der Waals surface area contributed by atoms with Gasteiger partial charge >= 0.3 is 0 Å². The van der Waals surface area contributed by atoms with Gasteiger partial charge in [0, 0.05) is 0 Å². The molecule has 0 saturated heterocycles. The van der Waals surface area contributed by atoms with Crippen molar-refractivity contribution in [1.82, 2.24) is 14.8 Å². The summed E-state index contributed by atoms with van der Waals surface area (Å²) in [4.78, 5) is 13.2. The van der Waals surface area contributed by atoms with Gasteiger partial charge in [-0.3, -0.25) is 0 Å². The van der Waals surface area contributed by atoms with Crippen LogP contribution in [0.15, 0.2) is 12.7 Å². The number of hydrogen-bond acceptors (Lipinski definition) is 4. The number of nitriles is 1. The van der Waals surface area contributed by atoms with Crippen LogP contribution in [0.5, 0.6) is 0 Å². The Morgan fingerprint density at radius 2 is 2.58 bits per heavy atom. The highest BCUT2D eigenvalue weighted by atomic mass is 31.1. The van der Waals surface area contributed by atoms with E-state index in [9.17, 15) is 4.89 Å². The Bertz CT molecular complexity index is 268. The van der Waals surface area contributed by atoms with Crippen LogP contribution in [0.4, 0.5) is 0 Å². The second kappa shape index (κ2) is 4.15. The smallest absolute Gasteiger partial charge is 0.137 e. The first-order chi connectivity index (χ1) is 5.74. The van der Waals surface area contributed by atoms with Crippen molar-refractivity contribution in [1.29, 1.82) is 5.26 Å². The monoisotopic (exact) mass is 184 g/mol. The topological polar surface area (TPSA) is 74.7 Å².